The zero-order valence-corrected chi connectivity index (χ0v) is 14.3. The Balaban J connectivity index is 1.88. The number of fused-ring (bicyclic) bond motifs is 1. The van der Waals surface area contributed by atoms with E-state index < -0.39 is 0 Å². The Hall–Kier alpha value is -1.86. The summed E-state index contributed by atoms with van der Waals surface area (Å²) in [5.41, 5.74) is 4.07. The third-order valence-electron chi connectivity index (χ3n) is 3.55. The van der Waals surface area contributed by atoms with Gasteiger partial charge in [0, 0.05) is 0 Å². The number of anilines is 1. The smallest absolute Gasteiger partial charge is 0.271 e. The van der Waals surface area contributed by atoms with Crippen LogP contribution in [-0.2, 0) is 6.42 Å². The van der Waals surface area contributed by atoms with E-state index in [1.54, 1.807) is 0 Å². The average molecular weight is 332 g/mol. The minimum absolute atomic E-state index is 0.174. The summed E-state index contributed by atoms with van der Waals surface area (Å²) in [7, 11) is 0. The van der Waals surface area contributed by atoms with Crippen LogP contribution in [-0.4, -0.2) is 20.5 Å². The maximum absolute atomic E-state index is 12.4. The van der Waals surface area contributed by atoms with Crippen LogP contribution in [0.4, 0.5) is 5.13 Å². The monoisotopic (exact) mass is 332 g/mol. The van der Waals surface area contributed by atoms with Crippen LogP contribution in [0.1, 0.15) is 39.8 Å². The van der Waals surface area contributed by atoms with Gasteiger partial charge in [-0.25, -0.2) is 4.98 Å². The summed E-state index contributed by atoms with van der Waals surface area (Å²) in [4.78, 5) is 17.5. The van der Waals surface area contributed by atoms with Crippen molar-refractivity contribution in [3.8, 4) is 0 Å². The number of amides is 1. The van der Waals surface area contributed by atoms with Crippen LogP contribution in [0.5, 0.6) is 0 Å². The first-order valence-electron chi connectivity index (χ1n) is 7.09. The molecule has 0 fully saturated rings. The number of rotatable bonds is 4. The summed E-state index contributed by atoms with van der Waals surface area (Å²) in [6.07, 6.45) is 1.70. The van der Waals surface area contributed by atoms with Crippen molar-refractivity contribution in [2.24, 2.45) is 0 Å². The predicted molar refractivity (Wildman–Crippen MR) is 91.0 cm³/mol. The Kier molecular flexibility index (Phi) is 4.17. The molecule has 1 aromatic carbocycles. The van der Waals surface area contributed by atoms with Crippen molar-refractivity contribution in [3.05, 3.63) is 33.8 Å². The van der Waals surface area contributed by atoms with Gasteiger partial charge >= 0.3 is 0 Å². The molecule has 0 saturated carbocycles. The molecule has 1 amide bonds. The zero-order valence-electron chi connectivity index (χ0n) is 12.6. The molecule has 2 aromatic heterocycles. The summed E-state index contributed by atoms with van der Waals surface area (Å²) in [5, 5.41) is 7.52. The van der Waals surface area contributed by atoms with E-state index in [-0.39, 0.29) is 5.91 Å². The molecule has 0 atom stereocenters. The lowest BCUT2D eigenvalue weighted by atomic mass is 10.1. The maximum Gasteiger partial charge on any atom is 0.271 e. The molecule has 0 spiro atoms. The lowest BCUT2D eigenvalue weighted by molar-refractivity contribution is 0.102. The molecule has 0 aliphatic rings. The number of hydrogen-bond acceptors (Lipinski definition) is 6. The first-order valence-corrected chi connectivity index (χ1v) is 8.68. The van der Waals surface area contributed by atoms with E-state index in [2.05, 4.69) is 46.7 Å². The van der Waals surface area contributed by atoms with E-state index in [0.29, 0.717) is 10.0 Å². The molecule has 1 N–H and O–H groups in total. The molecule has 22 heavy (non-hydrogen) atoms. The SMILES string of the molecule is CCCc1nnsc1C(=O)Nc1nc2c(C)c(C)ccc2s1. The lowest BCUT2D eigenvalue weighted by Gasteiger charge is -2.00. The standard InChI is InChI=1S/C15H16N4OS2/c1-4-5-10-13(22-19-18-10)14(20)17-15-16-12-9(3)8(2)6-7-11(12)21-15/h6-7H,4-5H2,1-3H3,(H,16,17,20). The highest BCUT2D eigenvalue weighted by atomic mass is 32.1. The summed E-state index contributed by atoms with van der Waals surface area (Å²) >= 11 is 2.62. The van der Waals surface area contributed by atoms with Crippen LogP contribution in [0, 0.1) is 13.8 Å². The number of nitrogens with one attached hydrogen (secondary N) is 1. The molecule has 3 rings (SSSR count). The van der Waals surface area contributed by atoms with Crippen molar-refractivity contribution in [2.45, 2.75) is 33.6 Å². The zero-order chi connectivity index (χ0) is 15.7. The van der Waals surface area contributed by atoms with Crippen molar-refractivity contribution in [3.63, 3.8) is 0 Å². The third-order valence-corrected chi connectivity index (χ3v) is 5.26. The predicted octanol–water partition coefficient (Wildman–Crippen LogP) is 3.97. The lowest BCUT2D eigenvalue weighted by Crippen LogP contribution is -2.12. The molecular weight excluding hydrogens is 316 g/mol. The van der Waals surface area contributed by atoms with Crippen molar-refractivity contribution in [2.75, 3.05) is 5.32 Å². The molecule has 5 nitrogen and oxygen atoms in total. The van der Waals surface area contributed by atoms with Gasteiger partial charge in [0.25, 0.3) is 5.91 Å². The number of thiazole rings is 1. The second kappa shape index (κ2) is 6.10. The van der Waals surface area contributed by atoms with Crippen molar-refractivity contribution in [1.82, 2.24) is 14.6 Å². The average Bonchev–Trinajstić information content (AvgIpc) is 3.10. The number of carbonyl (C=O) groups excluding carboxylic acids is 1. The van der Waals surface area contributed by atoms with Crippen LogP contribution < -0.4 is 5.32 Å². The fourth-order valence-electron chi connectivity index (χ4n) is 2.21. The summed E-state index contributed by atoms with van der Waals surface area (Å²) in [6, 6.07) is 4.12. The summed E-state index contributed by atoms with van der Waals surface area (Å²) < 4.78 is 4.96. The van der Waals surface area contributed by atoms with Crippen molar-refractivity contribution >= 4 is 44.1 Å². The van der Waals surface area contributed by atoms with Gasteiger partial charge in [-0.3, -0.25) is 10.1 Å². The first-order chi connectivity index (χ1) is 10.6. The normalized spacial score (nSPS) is 11.0. The Morgan fingerprint density at radius 2 is 2.14 bits per heavy atom. The first kappa shape index (κ1) is 15.1. The maximum atomic E-state index is 12.4. The molecule has 3 aromatic rings. The Bertz CT molecular complexity index is 837. The van der Waals surface area contributed by atoms with Gasteiger partial charge in [0.1, 0.15) is 4.88 Å². The number of carbonyl (C=O) groups is 1. The Labute approximate surface area is 136 Å². The van der Waals surface area contributed by atoms with Gasteiger partial charge in [-0.2, -0.15) is 0 Å². The molecule has 0 saturated heterocycles. The number of nitrogens with zero attached hydrogens (tertiary/aromatic N) is 3. The van der Waals surface area contributed by atoms with Gasteiger partial charge < -0.3 is 0 Å². The van der Waals surface area contributed by atoms with Gasteiger partial charge in [-0.1, -0.05) is 35.2 Å². The second-order valence-electron chi connectivity index (χ2n) is 5.13. The number of benzene rings is 1. The molecule has 0 aliphatic carbocycles. The van der Waals surface area contributed by atoms with Gasteiger partial charge in [-0.05, 0) is 49.0 Å². The molecule has 2 heterocycles. The number of hydrogen-bond donors (Lipinski definition) is 1. The Morgan fingerprint density at radius 1 is 1.32 bits per heavy atom. The molecular formula is C15H16N4OS2. The van der Waals surface area contributed by atoms with Crippen LogP contribution >= 0.6 is 22.9 Å². The van der Waals surface area contributed by atoms with E-state index in [1.807, 2.05) is 6.07 Å². The van der Waals surface area contributed by atoms with E-state index in [9.17, 15) is 4.79 Å². The number of aryl methyl sites for hydroxylation is 3. The summed E-state index contributed by atoms with van der Waals surface area (Å²) in [5.74, 6) is -0.174. The molecule has 114 valence electrons. The van der Waals surface area contributed by atoms with Gasteiger partial charge in [-0.15, -0.1) is 5.10 Å². The summed E-state index contributed by atoms with van der Waals surface area (Å²) in [6.45, 7) is 6.17. The largest absolute Gasteiger partial charge is 0.297 e. The molecule has 0 bridgehead atoms. The van der Waals surface area contributed by atoms with E-state index in [4.69, 9.17) is 0 Å². The van der Waals surface area contributed by atoms with E-state index >= 15 is 0 Å². The van der Waals surface area contributed by atoms with Gasteiger partial charge in [0.15, 0.2) is 5.13 Å². The van der Waals surface area contributed by atoms with Crippen LogP contribution in [0.15, 0.2) is 12.1 Å². The highest BCUT2D eigenvalue weighted by molar-refractivity contribution is 7.22. The van der Waals surface area contributed by atoms with E-state index in [0.717, 1.165) is 45.8 Å². The van der Waals surface area contributed by atoms with Crippen molar-refractivity contribution in [1.29, 1.82) is 0 Å². The fraction of sp³-hybridized carbons (Fsp3) is 0.333. The highest BCUT2D eigenvalue weighted by Crippen LogP contribution is 2.30. The third kappa shape index (κ3) is 2.74. The highest BCUT2D eigenvalue weighted by Gasteiger charge is 2.17. The molecule has 0 aliphatic heterocycles. The topological polar surface area (TPSA) is 67.8 Å². The quantitative estimate of drug-likeness (QED) is 0.785. The van der Waals surface area contributed by atoms with E-state index in [1.165, 1.54) is 16.9 Å². The fourth-order valence-corrected chi connectivity index (χ4v) is 3.74. The van der Waals surface area contributed by atoms with Crippen LogP contribution in [0.3, 0.4) is 0 Å². The Morgan fingerprint density at radius 3 is 2.91 bits per heavy atom. The molecule has 7 heteroatoms. The minimum atomic E-state index is -0.174. The van der Waals surface area contributed by atoms with Gasteiger partial charge in [0.2, 0.25) is 0 Å². The minimum Gasteiger partial charge on any atom is -0.297 e. The molecule has 0 radical (unpaired) electrons. The van der Waals surface area contributed by atoms with Crippen LogP contribution in [0.2, 0.25) is 0 Å². The molecule has 0 unspecified atom stereocenters. The second-order valence-corrected chi connectivity index (χ2v) is 6.91. The van der Waals surface area contributed by atoms with Gasteiger partial charge in [0.05, 0.1) is 15.9 Å². The van der Waals surface area contributed by atoms with Crippen molar-refractivity contribution < 1.29 is 4.79 Å². The van der Waals surface area contributed by atoms with Crippen LogP contribution in [0.25, 0.3) is 10.2 Å². The number of aromatic nitrogens is 3.